The Bertz CT molecular complexity index is 118. The van der Waals surface area contributed by atoms with E-state index in [2.05, 4.69) is 39.9 Å². The molecule has 5 heteroatoms. The van der Waals surface area contributed by atoms with Crippen LogP contribution in [0.1, 0.15) is 53.9 Å². The van der Waals surface area contributed by atoms with Gasteiger partial charge in [0.1, 0.15) is 0 Å². The summed E-state index contributed by atoms with van der Waals surface area (Å²) in [5.74, 6) is 0. The van der Waals surface area contributed by atoms with Gasteiger partial charge in [-0.2, -0.15) is 0 Å². The number of hydrogen-bond acceptors (Lipinski definition) is 4. The molecule has 0 rings (SSSR count). The van der Waals surface area contributed by atoms with E-state index in [0.29, 0.717) is 0 Å². The molecule has 0 aromatic heterocycles. The third-order valence-corrected chi connectivity index (χ3v) is 3.40. The largest absolute Gasteiger partial charge is 0.905 e. The SMILES string of the molecule is CCC[O][Al]([O]CCC)[O]CCC.CCNCC. The summed E-state index contributed by atoms with van der Waals surface area (Å²) in [5.41, 5.74) is 0. The summed E-state index contributed by atoms with van der Waals surface area (Å²) in [5, 5.41) is 3.11. The topological polar surface area (TPSA) is 39.7 Å². The molecule has 0 saturated heterocycles. The molecule has 0 aliphatic rings. The smallest absolute Gasteiger partial charge is 0.454 e. The van der Waals surface area contributed by atoms with Crippen LogP contribution in [0.15, 0.2) is 0 Å². The average Bonchev–Trinajstić information content (AvgIpc) is 2.39. The normalized spacial score (nSPS) is 9.83. The maximum Gasteiger partial charge on any atom is 0.905 e. The van der Waals surface area contributed by atoms with Gasteiger partial charge in [0, 0.05) is 19.8 Å². The molecule has 0 fully saturated rings. The van der Waals surface area contributed by atoms with Crippen LogP contribution in [0, 0.1) is 0 Å². The minimum absolute atomic E-state index is 0.754. The Morgan fingerprint density at radius 1 is 0.667 bits per heavy atom. The van der Waals surface area contributed by atoms with Gasteiger partial charge in [-0.15, -0.1) is 0 Å². The summed E-state index contributed by atoms with van der Waals surface area (Å²) >= 11 is -1.79. The van der Waals surface area contributed by atoms with Gasteiger partial charge in [0.2, 0.25) is 0 Å². The standard InChI is InChI=1S/C4H11N.3C3H7O.Al/c1-3-5-4-2;3*1-2-3-4;/h5H,3-4H2,1-2H3;3*2-3H2,1H3;/q;3*-1;+3. The lowest BCUT2D eigenvalue weighted by Gasteiger charge is -2.11. The van der Waals surface area contributed by atoms with Crippen LogP contribution in [0.3, 0.4) is 0 Å². The zero-order chi connectivity index (χ0) is 14.1. The van der Waals surface area contributed by atoms with Crippen LogP contribution >= 0.6 is 0 Å². The predicted octanol–water partition coefficient (Wildman–Crippen LogP) is 2.87. The highest BCUT2D eigenvalue weighted by Gasteiger charge is 2.29. The van der Waals surface area contributed by atoms with Crippen molar-refractivity contribution >= 4 is 15.1 Å². The van der Waals surface area contributed by atoms with Crippen LogP contribution in [-0.2, 0) is 11.4 Å². The third-order valence-electron chi connectivity index (χ3n) is 1.87. The van der Waals surface area contributed by atoms with Crippen LogP contribution in [0.5, 0.6) is 0 Å². The van der Waals surface area contributed by atoms with Gasteiger partial charge in [-0.25, -0.2) is 0 Å². The molecule has 0 aliphatic heterocycles. The lowest BCUT2D eigenvalue weighted by Crippen LogP contribution is -2.28. The molecule has 0 aromatic carbocycles. The minimum Gasteiger partial charge on any atom is -0.454 e. The van der Waals surface area contributed by atoms with Crippen molar-refractivity contribution in [1.29, 1.82) is 0 Å². The Morgan fingerprint density at radius 2 is 1.00 bits per heavy atom. The van der Waals surface area contributed by atoms with Crippen molar-refractivity contribution in [2.45, 2.75) is 53.9 Å². The molecule has 0 heterocycles. The zero-order valence-electron chi connectivity index (χ0n) is 13.0. The monoisotopic (exact) mass is 277 g/mol. The Hall–Kier alpha value is 0.372. The Morgan fingerprint density at radius 3 is 1.17 bits per heavy atom. The van der Waals surface area contributed by atoms with Crippen molar-refractivity contribution in [2.24, 2.45) is 0 Å². The van der Waals surface area contributed by atoms with Crippen LogP contribution in [-0.4, -0.2) is 48.1 Å². The van der Waals surface area contributed by atoms with Gasteiger partial charge in [-0.3, -0.25) is 0 Å². The Kier molecular flexibility index (Phi) is 22.6. The summed E-state index contributed by atoms with van der Waals surface area (Å²) in [7, 11) is 0. The molecule has 110 valence electrons. The van der Waals surface area contributed by atoms with Crippen LogP contribution in [0.25, 0.3) is 0 Å². The molecule has 0 aliphatic carbocycles. The summed E-state index contributed by atoms with van der Waals surface area (Å²) in [6.07, 6.45) is 3.07. The van der Waals surface area contributed by atoms with E-state index in [4.69, 9.17) is 11.4 Å². The van der Waals surface area contributed by atoms with E-state index >= 15 is 0 Å². The van der Waals surface area contributed by atoms with E-state index in [1.165, 1.54) is 0 Å². The molecule has 0 bridgehead atoms. The quantitative estimate of drug-likeness (QED) is 0.590. The van der Waals surface area contributed by atoms with Crippen LogP contribution in [0.2, 0.25) is 0 Å². The second kappa shape index (κ2) is 19.7. The summed E-state index contributed by atoms with van der Waals surface area (Å²) < 4.78 is 16.5. The average molecular weight is 277 g/mol. The molecule has 0 radical (unpaired) electrons. The van der Waals surface area contributed by atoms with Crippen LogP contribution < -0.4 is 5.32 Å². The van der Waals surface area contributed by atoms with Crippen molar-refractivity contribution < 1.29 is 11.4 Å². The van der Waals surface area contributed by atoms with E-state index < -0.39 is 15.1 Å². The van der Waals surface area contributed by atoms with Gasteiger partial charge in [0.05, 0.1) is 0 Å². The molecule has 1 N–H and O–H groups in total. The number of rotatable bonds is 11. The van der Waals surface area contributed by atoms with E-state index in [1.807, 2.05) is 0 Å². The zero-order valence-corrected chi connectivity index (χ0v) is 14.1. The maximum atomic E-state index is 5.49. The first-order valence-corrected chi connectivity index (χ1v) is 8.73. The fourth-order valence-corrected chi connectivity index (χ4v) is 2.61. The van der Waals surface area contributed by atoms with E-state index in [9.17, 15) is 0 Å². The number of nitrogens with one attached hydrogen (secondary N) is 1. The Balaban J connectivity index is 0. The third kappa shape index (κ3) is 18.7. The summed E-state index contributed by atoms with van der Waals surface area (Å²) in [6.45, 7) is 14.9. The van der Waals surface area contributed by atoms with E-state index in [1.54, 1.807) is 0 Å². The van der Waals surface area contributed by atoms with Crippen molar-refractivity contribution in [3.8, 4) is 0 Å². The van der Waals surface area contributed by atoms with Gasteiger partial charge in [0.15, 0.2) is 0 Å². The van der Waals surface area contributed by atoms with Gasteiger partial charge < -0.3 is 16.7 Å². The molecule has 4 nitrogen and oxygen atoms in total. The van der Waals surface area contributed by atoms with Gasteiger partial charge in [-0.1, -0.05) is 34.6 Å². The molecule has 0 aromatic rings. The molecule has 0 atom stereocenters. The highest BCUT2D eigenvalue weighted by atomic mass is 27.3. The lowest BCUT2D eigenvalue weighted by atomic mass is 10.5. The van der Waals surface area contributed by atoms with E-state index in [-0.39, 0.29) is 0 Å². The molecular formula is C13H32AlNO3. The fraction of sp³-hybridized carbons (Fsp3) is 1.00. The highest BCUT2D eigenvalue weighted by molar-refractivity contribution is 6.36. The predicted molar refractivity (Wildman–Crippen MR) is 78.7 cm³/mol. The highest BCUT2D eigenvalue weighted by Crippen LogP contribution is 1.96. The Labute approximate surface area is 119 Å². The van der Waals surface area contributed by atoms with Gasteiger partial charge in [-0.05, 0) is 32.4 Å². The first kappa shape index (κ1) is 20.7. The second-order valence-corrected chi connectivity index (χ2v) is 5.44. The number of hydrogen-bond donors (Lipinski definition) is 1. The maximum absolute atomic E-state index is 5.49. The molecule has 0 spiro atoms. The van der Waals surface area contributed by atoms with Crippen molar-refractivity contribution in [2.75, 3.05) is 32.9 Å². The molecular weight excluding hydrogens is 245 g/mol. The van der Waals surface area contributed by atoms with Crippen molar-refractivity contribution in [3.05, 3.63) is 0 Å². The van der Waals surface area contributed by atoms with Gasteiger partial charge >= 0.3 is 15.1 Å². The second-order valence-electron chi connectivity index (χ2n) is 3.86. The first-order valence-electron chi connectivity index (χ1n) is 7.32. The first-order chi connectivity index (χ1) is 8.76. The fourth-order valence-electron chi connectivity index (χ4n) is 1.04. The lowest BCUT2D eigenvalue weighted by molar-refractivity contribution is 0.0933. The molecule has 0 amide bonds. The minimum atomic E-state index is -1.79. The molecule has 0 saturated carbocycles. The van der Waals surface area contributed by atoms with E-state index in [0.717, 1.165) is 52.2 Å². The summed E-state index contributed by atoms with van der Waals surface area (Å²) in [4.78, 5) is 0. The van der Waals surface area contributed by atoms with Crippen molar-refractivity contribution in [1.82, 2.24) is 5.32 Å². The molecule has 0 unspecified atom stereocenters. The van der Waals surface area contributed by atoms with Gasteiger partial charge in [0.25, 0.3) is 0 Å². The van der Waals surface area contributed by atoms with Crippen molar-refractivity contribution in [3.63, 3.8) is 0 Å². The van der Waals surface area contributed by atoms with Crippen LogP contribution in [0.4, 0.5) is 0 Å². The summed E-state index contributed by atoms with van der Waals surface area (Å²) in [6, 6.07) is 0. The molecule has 18 heavy (non-hydrogen) atoms.